The molecule has 0 bridgehead atoms. The molecule has 0 aliphatic heterocycles. The Kier molecular flexibility index (Phi) is 3.87. The van der Waals surface area contributed by atoms with Crippen molar-refractivity contribution < 1.29 is 4.52 Å². The van der Waals surface area contributed by atoms with Gasteiger partial charge in [-0.2, -0.15) is 4.98 Å². The Morgan fingerprint density at radius 3 is 2.63 bits per heavy atom. The van der Waals surface area contributed by atoms with Gasteiger partial charge in [-0.15, -0.1) is 0 Å². The fourth-order valence-corrected chi connectivity index (χ4v) is 3.14. The van der Waals surface area contributed by atoms with Crippen LogP contribution in [0.15, 0.2) is 4.52 Å². The van der Waals surface area contributed by atoms with Gasteiger partial charge in [0.2, 0.25) is 5.89 Å². The van der Waals surface area contributed by atoms with Crippen LogP contribution in [0.1, 0.15) is 75.9 Å². The van der Waals surface area contributed by atoms with Crippen LogP contribution in [0.25, 0.3) is 0 Å². The van der Waals surface area contributed by atoms with Gasteiger partial charge in [-0.1, -0.05) is 19.0 Å². The second-order valence-electron chi connectivity index (χ2n) is 6.31. The Morgan fingerprint density at radius 2 is 2.00 bits per heavy atom. The van der Waals surface area contributed by atoms with Crippen molar-refractivity contribution in [3.05, 3.63) is 11.7 Å². The molecule has 0 amide bonds. The number of hydrogen-bond donors (Lipinski definition) is 1. The first-order chi connectivity index (χ1) is 9.28. The van der Waals surface area contributed by atoms with Crippen LogP contribution >= 0.6 is 0 Å². The fraction of sp³-hybridized carbons (Fsp3) is 0.867. The van der Waals surface area contributed by atoms with Crippen molar-refractivity contribution in [2.24, 2.45) is 5.92 Å². The molecule has 3 rings (SSSR count). The van der Waals surface area contributed by atoms with Crippen molar-refractivity contribution in [3.63, 3.8) is 0 Å². The van der Waals surface area contributed by atoms with E-state index in [4.69, 9.17) is 4.52 Å². The first-order valence-corrected chi connectivity index (χ1v) is 7.84. The van der Waals surface area contributed by atoms with E-state index in [1.807, 2.05) is 0 Å². The number of nitrogens with zero attached hydrogens (tertiary/aromatic N) is 2. The highest BCUT2D eigenvalue weighted by Gasteiger charge is 2.38. The Morgan fingerprint density at radius 1 is 1.26 bits per heavy atom. The molecular formula is C15H25N3O. The van der Waals surface area contributed by atoms with E-state index in [0.717, 1.165) is 24.2 Å². The standard InChI is InChI=1S/C15H25N3O/c1-3-8-16-12-6-4-11(5-7-12)15-17-14(18-19-15)13-9-10(13)2/h10-13,16H,3-9H2,1-2H3. The molecule has 0 aromatic carbocycles. The smallest absolute Gasteiger partial charge is 0.229 e. The second-order valence-corrected chi connectivity index (χ2v) is 6.31. The van der Waals surface area contributed by atoms with Gasteiger partial charge in [0.15, 0.2) is 5.82 Å². The monoisotopic (exact) mass is 263 g/mol. The zero-order valence-corrected chi connectivity index (χ0v) is 12.1. The maximum absolute atomic E-state index is 5.49. The van der Waals surface area contributed by atoms with Crippen molar-refractivity contribution in [2.75, 3.05) is 6.54 Å². The topological polar surface area (TPSA) is 51.0 Å². The molecule has 1 aromatic heterocycles. The number of nitrogens with one attached hydrogen (secondary N) is 1. The molecule has 2 aliphatic rings. The van der Waals surface area contributed by atoms with Gasteiger partial charge in [-0.25, -0.2) is 0 Å². The van der Waals surface area contributed by atoms with Crippen LogP contribution in [0.4, 0.5) is 0 Å². The average molecular weight is 263 g/mol. The summed E-state index contributed by atoms with van der Waals surface area (Å²) in [6.45, 7) is 5.61. The molecular weight excluding hydrogens is 238 g/mol. The Labute approximate surface area is 115 Å². The van der Waals surface area contributed by atoms with Gasteiger partial charge < -0.3 is 9.84 Å². The lowest BCUT2D eigenvalue weighted by molar-refractivity contribution is 0.282. The van der Waals surface area contributed by atoms with Gasteiger partial charge in [0.1, 0.15) is 0 Å². The lowest BCUT2D eigenvalue weighted by Gasteiger charge is -2.27. The van der Waals surface area contributed by atoms with E-state index in [0.29, 0.717) is 17.9 Å². The van der Waals surface area contributed by atoms with E-state index < -0.39 is 0 Å². The third-order valence-corrected chi connectivity index (χ3v) is 4.66. The summed E-state index contributed by atoms with van der Waals surface area (Å²) in [7, 11) is 0. The first kappa shape index (κ1) is 13.1. The molecule has 106 valence electrons. The molecule has 4 heteroatoms. The summed E-state index contributed by atoms with van der Waals surface area (Å²) in [6.07, 6.45) is 7.29. The molecule has 0 saturated heterocycles. The van der Waals surface area contributed by atoms with Gasteiger partial charge in [0.25, 0.3) is 0 Å². The average Bonchev–Trinajstić information content (AvgIpc) is 2.98. The minimum Gasteiger partial charge on any atom is -0.339 e. The van der Waals surface area contributed by atoms with E-state index >= 15 is 0 Å². The van der Waals surface area contributed by atoms with Crippen LogP contribution < -0.4 is 5.32 Å². The molecule has 1 heterocycles. The minimum atomic E-state index is 0.495. The Hall–Kier alpha value is -0.900. The zero-order chi connectivity index (χ0) is 13.2. The molecule has 2 saturated carbocycles. The van der Waals surface area contributed by atoms with Crippen molar-refractivity contribution >= 4 is 0 Å². The molecule has 2 atom stereocenters. The summed E-state index contributed by atoms with van der Waals surface area (Å²) in [5.74, 6) is 3.66. The highest BCUT2D eigenvalue weighted by atomic mass is 16.5. The predicted molar refractivity (Wildman–Crippen MR) is 74.1 cm³/mol. The summed E-state index contributed by atoms with van der Waals surface area (Å²) < 4.78 is 5.49. The summed E-state index contributed by atoms with van der Waals surface area (Å²) in [4.78, 5) is 4.64. The van der Waals surface area contributed by atoms with Crippen molar-refractivity contribution in [1.29, 1.82) is 0 Å². The Bertz CT molecular complexity index is 409. The molecule has 1 N–H and O–H groups in total. The summed E-state index contributed by atoms with van der Waals surface area (Å²) in [6, 6.07) is 0.696. The van der Waals surface area contributed by atoms with Gasteiger partial charge in [-0.05, 0) is 51.0 Å². The molecule has 2 aliphatic carbocycles. The van der Waals surface area contributed by atoms with E-state index in [-0.39, 0.29) is 0 Å². The minimum absolute atomic E-state index is 0.495. The second kappa shape index (κ2) is 5.61. The van der Waals surface area contributed by atoms with Crippen LogP contribution in [0.2, 0.25) is 0 Å². The van der Waals surface area contributed by atoms with E-state index in [1.165, 1.54) is 38.5 Å². The summed E-state index contributed by atoms with van der Waals surface area (Å²) >= 11 is 0. The third-order valence-electron chi connectivity index (χ3n) is 4.66. The first-order valence-electron chi connectivity index (χ1n) is 7.84. The number of hydrogen-bond acceptors (Lipinski definition) is 4. The molecule has 0 radical (unpaired) electrons. The highest BCUT2D eigenvalue weighted by molar-refractivity contribution is 5.09. The molecule has 2 unspecified atom stereocenters. The van der Waals surface area contributed by atoms with E-state index in [1.54, 1.807) is 0 Å². The maximum atomic E-state index is 5.49. The van der Waals surface area contributed by atoms with Gasteiger partial charge >= 0.3 is 0 Å². The summed E-state index contributed by atoms with van der Waals surface area (Å²) in [5.41, 5.74) is 0. The van der Waals surface area contributed by atoms with E-state index in [9.17, 15) is 0 Å². The zero-order valence-electron chi connectivity index (χ0n) is 12.1. The van der Waals surface area contributed by atoms with Gasteiger partial charge in [0.05, 0.1) is 0 Å². The van der Waals surface area contributed by atoms with E-state index in [2.05, 4.69) is 29.3 Å². The molecule has 2 fully saturated rings. The van der Waals surface area contributed by atoms with Crippen molar-refractivity contribution in [3.8, 4) is 0 Å². The maximum Gasteiger partial charge on any atom is 0.229 e. The summed E-state index contributed by atoms with van der Waals surface area (Å²) in [5, 5.41) is 7.79. The number of aromatic nitrogens is 2. The lowest BCUT2D eigenvalue weighted by atomic mass is 9.86. The van der Waals surface area contributed by atoms with Gasteiger partial charge in [-0.3, -0.25) is 0 Å². The SMILES string of the molecule is CCCNC1CCC(c2nc(C3CC3C)no2)CC1. The molecule has 4 nitrogen and oxygen atoms in total. The fourth-order valence-electron chi connectivity index (χ4n) is 3.14. The van der Waals surface area contributed by atoms with Crippen LogP contribution in [0, 0.1) is 5.92 Å². The van der Waals surface area contributed by atoms with Crippen molar-refractivity contribution in [1.82, 2.24) is 15.5 Å². The highest BCUT2D eigenvalue weighted by Crippen LogP contribution is 2.46. The number of rotatable bonds is 5. The normalized spacial score (nSPS) is 34.4. The van der Waals surface area contributed by atoms with Crippen molar-refractivity contribution in [2.45, 2.75) is 70.3 Å². The predicted octanol–water partition coefficient (Wildman–Crippen LogP) is 3.22. The van der Waals surface area contributed by atoms with Crippen LogP contribution in [0.5, 0.6) is 0 Å². The van der Waals surface area contributed by atoms with Crippen LogP contribution in [-0.2, 0) is 0 Å². The molecule has 0 spiro atoms. The third kappa shape index (κ3) is 2.99. The quantitative estimate of drug-likeness (QED) is 0.886. The lowest BCUT2D eigenvalue weighted by Crippen LogP contribution is -2.33. The van der Waals surface area contributed by atoms with Crippen LogP contribution in [-0.4, -0.2) is 22.7 Å². The molecule has 19 heavy (non-hydrogen) atoms. The Balaban J connectivity index is 1.52. The molecule has 1 aromatic rings. The van der Waals surface area contributed by atoms with Gasteiger partial charge in [0, 0.05) is 17.9 Å². The largest absolute Gasteiger partial charge is 0.339 e. The van der Waals surface area contributed by atoms with Crippen LogP contribution in [0.3, 0.4) is 0 Å².